The Morgan fingerprint density at radius 2 is 1.87 bits per heavy atom. The molecule has 0 unspecified atom stereocenters. The molecule has 1 heterocycles. The summed E-state index contributed by atoms with van der Waals surface area (Å²) in [6, 6.07) is 14.8. The molecule has 0 aliphatic carbocycles. The summed E-state index contributed by atoms with van der Waals surface area (Å²) in [5, 5.41) is 2.46. The first kappa shape index (κ1) is 21.9. The number of hydrogen-bond acceptors (Lipinski definition) is 4. The molecule has 0 bridgehead atoms. The van der Waals surface area contributed by atoms with Crippen molar-refractivity contribution in [1.82, 2.24) is 5.32 Å². The third-order valence-corrected chi connectivity index (χ3v) is 6.39. The summed E-state index contributed by atoms with van der Waals surface area (Å²) < 4.78 is 46.0. The van der Waals surface area contributed by atoms with E-state index in [-0.39, 0.29) is 15.6 Å². The van der Waals surface area contributed by atoms with Crippen LogP contribution in [0.3, 0.4) is 0 Å². The lowest BCUT2D eigenvalue weighted by atomic mass is 10.2. The van der Waals surface area contributed by atoms with Gasteiger partial charge in [-0.05, 0) is 48.9 Å². The molecular weight excluding hydrogens is 431 g/mol. The van der Waals surface area contributed by atoms with Gasteiger partial charge in [-0.25, -0.2) is 12.8 Å². The molecule has 1 N–H and O–H groups in total. The van der Waals surface area contributed by atoms with Gasteiger partial charge in [0.2, 0.25) is 5.91 Å². The molecule has 158 valence electrons. The minimum Gasteiger partial charge on any atom is -0.469 e. The maximum atomic E-state index is 13.6. The summed E-state index contributed by atoms with van der Waals surface area (Å²) >= 11 is 5.84. The Morgan fingerprint density at radius 3 is 2.53 bits per heavy atom. The number of aryl methyl sites for hydroxylation is 1. The van der Waals surface area contributed by atoms with Gasteiger partial charge >= 0.3 is 0 Å². The lowest BCUT2D eigenvalue weighted by Gasteiger charge is -2.24. The predicted molar refractivity (Wildman–Crippen MR) is 112 cm³/mol. The van der Waals surface area contributed by atoms with Crippen molar-refractivity contribution in [2.45, 2.75) is 17.7 Å². The Morgan fingerprint density at radius 1 is 1.10 bits per heavy atom. The molecule has 1 aromatic heterocycles. The van der Waals surface area contributed by atoms with Crippen LogP contribution in [0.25, 0.3) is 0 Å². The molecule has 0 aliphatic heterocycles. The van der Waals surface area contributed by atoms with E-state index < -0.39 is 28.3 Å². The lowest BCUT2D eigenvalue weighted by molar-refractivity contribution is -0.119. The number of carbonyl (C=O) groups is 1. The first-order valence-corrected chi connectivity index (χ1v) is 11.0. The molecule has 2 aromatic carbocycles. The summed E-state index contributed by atoms with van der Waals surface area (Å²) in [4.78, 5) is 12.5. The SMILES string of the molecule is O=C(CN(c1ccc(F)c(Cl)c1)S(=O)(=O)c1ccccc1)NCCCc1ccco1. The second kappa shape index (κ2) is 9.77. The van der Waals surface area contributed by atoms with Gasteiger partial charge in [-0.2, -0.15) is 0 Å². The van der Waals surface area contributed by atoms with Gasteiger partial charge in [0.15, 0.2) is 0 Å². The second-order valence-corrected chi connectivity index (χ2v) is 8.73. The third kappa shape index (κ3) is 5.40. The van der Waals surface area contributed by atoms with Gasteiger partial charge in [-0.15, -0.1) is 0 Å². The van der Waals surface area contributed by atoms with Crippen molar-refractivity contribution >= 4 is 33.2 Å². The van der Waals surface area contributed by atoms with Crippen LogP contribution in [0, 0.1) is 5.82 Å². The highest BCUT2D eigenvalue weighted by molar-refractivity contribution is 7.92. The Bertz CT molecular complexity index is 1090. The van der Waals surface area contributed by atoms with Crippen LogP contribution >= 0.6 is 11.6 Å². The number of nitrogens with zero attached hydrogens (tertiary/aromatic N) is 1. The largest absolute Gasteiger partial charge is 0.469 e. The van der Waals surface area contributed by atoms with Crippen LogP contribution in [-0.2, 0) is 21.2 Å². The zero-order valence-corrected chi connectivity index (χ0v) is 17.5. The van der Waals surface area contributed by atoms with Crippen molar-refractivity contribution in [1.29, 1.82) is 0 Å². The van der Waals surface area contributed by atoms with Crippen molar-refractivity contribution in [2.24, 2.45) is 0 Å². The van der Waals surface area contributed by atoms with E-state index >= 15 is 0 Å². The highest BCUT2D eigenvalue weighted by Gasteiger charge is 2.27. The molecule has 3 aromatic rings. The molecule has 0 saturated carbocycles. The Hall–Kier alpha value is -2.84. The van der Waals surface area contributed by atoms with E-state index in [9.17, 15) is 17.6 Å². The van der Waals surface area contributed by atoms with E-state index in [0.29, 0.717) is 19.4 Å². The van der Waals surface area contributed by atoms with Crippen molar-refractivity contribution in [3.63, 3.8) is 0 Å². The fraction of sp³-hybridized carbons (Fsp3) is 0.190. The Labute approximate surface area is 179 Å². The molecule has 6 nitrogen and oxygen atoms in total. The monoisotopic (exact) mass is 450 g/mol. The third-order valence-electron chi connectivity index (χ3n) is 4.31. The summed E-state index contributed by atoms with van der Waals surface area (Å²) in [5.41, 5.74) is 0.0935. The molecule has 0 spiro atoms. The molecular formula is C21H20ClFN2O4S. The number of sulfonamides is 1. The number of rotatable bonds is 9. The highest BCUT2D eigenvalue weighted by Crippen LogP contribution is 2.27. The zero-order valence-electron chi connectivity index (χ0n) is 15.9. The fourth-order valence-electron chi connectivity index (χ4n) is 2.81. The second-order valence-electron chi connectivity index (χ2n) is 6.46. The first-order chi connectivity index (χ1) is 14.4. The van der Waals surface area contributed by atoms with Crippen molar-refractivity contribution in [2.75, 3.05) is 17.4 Å². The quantitative estimate of drug-likeness (QED) is 0.499. The molecule has 9 heteroatoms. The summed E-state index contributed by atoms with van der Waals surface area (Å²) in [6.45, 7) is -0.122. The van der Waals surface area contributed by atoms with Crippen LogP contribution in [0.15, 0.2) is 76.2 Å². The first-order valence-electron chi connectivity index (χ1n) is 9.20. The van der Waals surface area contributed by atoms with E-state index in [2.05, 4.69) is 5.32 Å². The average Bonchev–Trinajstić information content (AvgIpc) is 3.26. The molecule has 3 rings (SSSR count). The number of furan rings is 1. The fourth-order valence-corrected chi connectivity index (χ4v) is 4.42. The van der Waals surface area contributed by atoms with Crippen LogP contribution in [0.4, 0.5) is 10.1 Å². The van der Waals surface area contributed by atoms with E-state index in [0.717, 1.165) is 16.1 Å². The molecule has 1 amide bonds. The van der Waals surface area contributed by atoms with E-state index in [1.807, 2.05) is 6.07 Å². The van der Waals surface area contributed by atoms with Gasteiger partial charge in [0.1, 0.15) is 18.1 Å². The number of anilines is 1. The predicted octanol–water partition coefficient (Wildman–Crippen LogP) is 4.02. The normalized spacial score (nSPS) is 11.3. The van der Waals surface area contributed by atoms with Crippen LogP contribution in [-0.4, -0.2) is 27.4 Å². The number of benzene rings is 2. The van der Waals surface area contributed by atoms with Crippen LogP contribution < -0.4 is 9.62 Å². The maximum Gasteiger partial charge on any atom is 0.264 e. The molecule has 0 aliphatic rings. The maximum absolute atomic E-state index is 13.6. The Balaban J connectivity index is 1.75. The van der Waals surface area contributed by atoms with Crippen LogP contribution in [0.2, 0.25) is 5.02 Å². The highest BCUT2D eigenvalue weighted by atomic mass is 35.5. The molecule has 0 saturated heterocycles. The number of carbonyl (C=O) groups excluding carboxylic acids is 1. The average molecular weight is 451 g/mol. The molecule has 0 radical (unpaired) electrons. The molecule has 30 heavy (non-hydrogen) atoms. The minimum absolute atomic E-state index is 0.0102. The van der Waals surface area contributed by atoms with E-state index in [1.54, 1.807) is 30.5 Å². The molecule has 0 atom stereocenters. The van der Waals surface area contributed by atoms with Gasteiger partial charge in [0, 0.05) is 13.0 Å². The van der Waals surface area contributed by atoms with E-state index in [4.69, 9.17) is 16.0 Å². The zero-order chi connectivity index (χ0) is 21.6. The lowest BCUT2D eigenvalue weighted by Crippen LogP contribution is -2.41. The minimum atomic E-state index is -4.07. The van der Waals surface area contributed by atoms with Gasteiger partial charge in [0.05, 0.1) is 21.9 Å². The summed E-state index contributed by atoms with van der Waals surface area (Å²) in [5.74, 6) is -0.368. The van der Waals surface area contributed by atoms with Gasteiger partial charge in [-0.3, -0.25) is 9.10 Å². The summed E-state index contributed by atoms with van der Waals surface area (Å²) in [7, 11) is -4.07. The van der Waals surface area contributed by atoms with E-state index in [1.165, 1.54) is 24.3 Å². The van der Waals surface area contributed by atoms with Gasteiger partial charge in [-0.1, -0.05) is 29.8 Å². The van der Waals surface area contributed by atoms with Crippen LogP contribution in [0.5, 0.6) is 0 Å². The smallest absolute Gasteiger partial charge is 0.264 e. The van der Waals surface area contributed by atoms with Crippen molar-refractivity contribution < 1.29 is 22.0 Å². The standard InChI is InChI=1S/C21H20ClFN2O4S/c22-19-14-16(10-11-20(19)23)25(30(27,28)18-8-2-1-3-9-18)15-21(26)24-12-4-6-17-7-5-13-29-17/h1-3,5,7-11,13-14H,4,6,12,15H2,(H,24,26). The topological polar surface area (TPSA) is 79.6 Å². The number of hydrogen-bond donors (Lipinski definition) is 1. The number of halogens is 2. The number of amides is 1. The number of nitrogens with one attached hydrogen (secondary N) is 1. The van der Waals surface area contributed by atoms with Gasteiger partial charge in [0.25, 0.3) is 10.0 Å². The summed E-state index contributed by atoms with van der Waals surface area (Å²) in [6.07, 6.45) is 2.86. The van der Waals surface area contributed by atoms with Gasteiger partial charge < -0.3 is 9.73 Å². The van der Waals surface area contributed by atoms with Crippen LogP contribution in [0.1, 0.15) is 12.2 Å². The van der Waals surface area contributed by atoms with Crippen molar-refractivity contribution in [3.05, 3.63) is 83.5 Å². The molecule has 0 fully saturated rings. The Kier molecular flexibility index (Phi) is 7.12. The van der Waals surface area contributed by atoms with Crippen molar-refractivity contribution in [3.8, 4) is 0 Å².